The van der Waals surface area contributed by atoms with Crippen molar-refractivity contribution in [3.8, 4) is 5.75 Å². The van der Waals surface area contributed by atoms with Crippen LogP contribution in [0.25, 0.3) is 0 Å². The molecule has 2 aromatic rings. The summed E-state index contributed by atoms with van der Waals surface area (Å²) in [7, 11) is 0. The van der Waals surface area contributed by atoms with E-state index in [-0.39, 0.29) is 23.9 Å². The van der Waals surface area contributed by atoms with Crippen LogP contribution in [0.3, 0.4) is 0 Å². The van der Waals surface area contributed by atoms with Gasteiger partial charge < -0.3 is 10.1 Å². The van der Waals surface area contributed by atoms with Crippen LogP contribution in [-0.4, -0.2) is 22.7 Å². The molecule has 26 heavy (non-hydrogen) atoms. The lowest BCUT2D eigenvalue weighted by Crippen LogP contribution is -2.30. The summed E-state index contributed by atoms with van der Waals surface area (Å²) in [6, 6.07) is 11.9. The Morgan fingerprint density at radius 2 is 1.81 bits per heavy atom. The standard InChI is InChI=1S/C17H16F2N2O4S/c1-11(26-15-8-4-13(5-9-15)21(23)24)16(22)20-10-12-2-6-14(7-3-12)25-17(18)19/h2-9,11,17H,10H2,1H3,(H,20,22). The Morgan fingerprint density at radius 3 is 2.35 bits per heavy atom. The van der Waals surface area contributed by atoms with E-state index >= 15 is 0 Å². The minimum atomic E-state index is -2.88. The minimum Gasteiger partial charge on any atom is -0.435 e. The van der Waals surface area contributed by atoms with E-state index in [9.17, 15) is 23.7 Å². The molecule has 0 fully saturated rings. The van der Waals surface area contributed by atoms with E-state index in [0.29, 0.717) is 0 Å². The lowest BCUT2D eigenvalue weighted by atomic mass is 10.2. The van der Waals surface area contributed by atoms with Crippen LogP contribution in [0.5, 0.6) is 5.75 Å². The van der Waals surface area contributed by atoms with Gasteiger partial charge in [-0.1, -0.05) is 12.1 Å². The summed E-state index contributed by atoms with van der Waals surface area (Å²) < 4.78 is 28.4. The molecule has 1 unspecified atom stereocenters. The second-order valence-electron chi connectivity index (χ2n) is 5.25. The molecule has 1 amide bonds. The zero-order valence-corrected chi connectivity index (χ0v) is 14.5. The first kappa shape index (κ1) is 19.6. The van der Waals surface area contributed by atoms with Gasteiger partial charge in [0, 0.05) is 23.6 Å². The molecule has 9 heteroatoms. The van der Waals surface area contributed by atoms with Crippen LogP contribution in [0.4, 0.5) is 14.5 Å². The van der Waals surface area contributed by atoms with E-state index in [1.165, 1.54) is 36.0 Å². The van der Waals surface area contributed by atoms with Crippen molar-refractivity contribution in [1.82, 2.24) is 5.32 Å². The number of alkyl halides is 2. The smallest absolute Gasteiger partial charge is 0.387 e. The number of nitro groups is 1. The minimum absolute atomic E-state index is 0.00859. The third kappa shape index (κ3) is 5.99. The molecular formula is C17H16F2N2O4S. The van der Waals surface area contributed by atoms with Gasteiger partial charge in [-0.3, -0.25) is 14.9 Å². The second kappa shape index (κ2) is 9.14. The fraction of sp³-hybridized carbons (Fsp3) is 0.235. The first-order chi connectivity index (χ1) is 12.3. The van der Waals surface area contributed by atoms with Gasteiger partial charge in [-0.15, -0.1) is 11.8 Å². The van der Waals surface area contributed by atoms with Crippen molar-refractivity contribution in [3.05, 3.63) is 64.2 Å². The van der Waals surface area contributed by atoms with E-state index in [2.05, 4.69) is 10.1 Å². The van der Waals surface area contributed by atoms with Crippen molar-refractivity contribution >= 4 is 23.4 Å². The molecule has 2 rings (SSSR count). The maximum Gasteiger partial charge on any atom is 0.387 e. The summed E-state index contributed by atoms with van der Waals surface area (Å²) in [5.41, 5.74) is 0.734. The van der Waals surface area contributed by atoms with Gasteiger partial charge in [0.2, 0.25) is 5.91 Å². The summed E-state index contributed by atoms with van der Waals surface area (Å²) in [5, 5.41) is 13.0. The molecular weight excluding hydrogens is 366 g/mol. The molecule has 0 aliphatic carbocycles. The lowest BCUT2D eigenvalue weighted by Gasteiger charge is -2.12. The molecule has 0 aromatic heterocycles. The molecule has 0 aliphatic rings. The van der Waals surface area contributed by atoms with Gasteiger partial charge in [-0.2, -0.15) is 8.78 Å². The Kier molecular flexibility index (Phi) is 6.90. The number of non-ortho nitro benzene ring substituents is 1. The molecule has 0 saturated carbocycles. The van der Waals surface area contributed by atoms with Crippen molar-refractivity contribution in [3.63, 3.8) is 0 Å². The van der Waals surface area contributed by atoms with Crippen LogP contribution in [0, 0.1) is 10.1 Å². The van der Waals surface area contributed by atoms with Gasteiger partial charge in [-0.05, 0) is 36.8 Å². The second-order valence-corrected chi connectivity index (χ2v) is 6.67. The summed E-state index contributed by atoms with van der Waals surface area (Å²) >= 11 is 1.28. The molecule has 138 valence electrons. The van der Waals surface area contributed by atoms with E-state index in [0.717, 1.165) is 10.5 Å². The topological polar surface area (TPSA) is 81.5 Å². The molecule has 1 N–H and O–H groups in total. The summed E-state index contributed by atoms with van der Waals surface area (Å²) in [4.78, 5) is 23.0. The third-order valence-electron chi connectivity index (χ3n) is 3.34. The van der Waals surface area contributed by atoms with E-state index in [1.54, 1.807) is 31.2 Å². The van der Waals surface area contributed by atoms with Crippen LogP contribution >= 0.6 is 11.8 Å². The number of benzene rings is 2. The third-order valence-corrected chi connectivity index (χ3v) is 4.46. The molecule has 0 spiro atoms. The number of rotatable bonds is 8. The van der Waals surface area contributed by atoms with Gasteiger partial charge in [0.15, 0.2) is 0 Å². The molecule has 0 bridgehead atoms. The van der Waals surface area contributed by atoms with Gasteiger partial charge >= 0.3 is 6.61 Å². The molecule has 0 heterocycles. The van der Waals surface area contributed by atoms with Crippen LogP contribution in [0.15, 0.2) is 53.4 Å². The molecule has 0 saturated heterocycles. The normalized spacial score (nSPS) is 11.8. The average Bonchev–Trinajstić information content (AvgIpc) is 2.60. The molecule has 1 atom stereocenters. The fourth-order valence-electron chi connectivity index (χ4n) is 2.03. The molecule has 2 aromatic carbocycles. The Hall–Kier alpha value is -2.68. The van der Waals surface area contributed by atoms with Crippen LogP contribution in [0.2, 0.25) is 0 Å². The number of ether oxygens (including phenoxy) is 1. The highest BCUT2D eigenvalue weighted by Crippen LogP contribution is 2.25. The highest BCUT2D eigenvalue weighted by Gasteiger charge is 2.15. The Morgan fingerprint density at radius 1 is 1.19 bits per heavy atom. The number of nitrogens with one attached hydrogen (secondary N) is 1. The van der Waals surface area contributed by atoms with Gasteiger partial charge in [0.05, 0.1) is 10.2 Å². The molecule has 0 radical (unpaired) electrons. The maximum absolute atomic E-state index is 12.1. The van der Waals surface area contributed by atoms with Gasteiger partial charge in [-0.25, -0.2) is 0 Å². The zero-order chi connectivity index (χ0) is 19.1. The average molecular weight is 382 g/mol. The van der Waals surface area contributed by atoms with Crippen LogP contribution in [-0.2, 0) is 11.3 Å². The number of amides is 1. The highest BCUT2D eigenvalue weighted by molar-refractivity contribution is 8.00. The van der Waals surface area contributed by atoms with Crippen molar-refractivity contribution in [1.29, 1.82) is 0 Å². The fourth-order valence-corrected chi connectivity index (χ4v) is 2.92. The monoisotopic (exact) mass is 382 g/mol. The predicted octanol–water partition coefficient (Wildman–Crippen LogP) is 3.99. The molecule has 0 aliphatic heterocycles. The largest absolute Gasteiger partial charge is 0.435 e. The maximum atomic E-state index is 12.1. The number of thioether (sulfide) groups is 1. The van der Waals surface area contributed by atoms with Crippen molar-refractivity contribution in [2.75, 3.05) is 0 Å². The SMILES string of the molecule is CC(Sc1ccc([N+](=O)[O-])cc1)C(=O)NCc1ccc(OC(F)F)cc1. The Balaban J connectivity index is 1.83. The van der Waals surface area contributed by atoms with Crippen LogP contribution < -0.4 is 10.1 Å². The summed E-state index contributed by atoms with van der Waals surface area (Å²) in [6.45, 7) is -0.905. The van der Waals surface area contributed by atoms with E-state index in [1.807, 2.05) is 0 Å². The number of halogens is 2. The van der Waals surface area contributed by atoms with E-state index < -0.39 is 16.8 Å². The quantitative estimate of drug-likeness (QED) is 0.424. The number of nitrogens with zero attached hydrogens (tertiary/aromatic N) is 1. The number of carbonyl (C=O) groups is 1. The summed E-state index contributed by atoms with van der Waals surface area (Å²) in [6.07, 6.45) is 0. The molecule has 6 nitrogen and oxygen atoms in total. The summed E-state index contributed by atoms with van der Waals surface area (Å²) in [5.74, 6) is -0.154. The van der Waals surface area contributed by atoms with Crippen molar-refractivity contribution < 1.29 is 23.2 Å². The van der Waals surface area contributed by atoms with Gasteiger partial charge in [0.1, 0.15) is 5.75 Å². The van der Waals surface area contributed by atoms with Gasteiger partial charge in [0.25, 0.3) is 5.69 Å². The van der Waals surface area contributed by atoms with Crippen molar-refractivity contribution in [2.45, 2.75) is 30.2 Å². The lowest BCUT2D eigenvalue weighted by molar-refractivity contribution is -0.384. The first-order valence-electron chi connectivity index (χ1n) is 7.57. The number of hydrogen-bond acceptors (Lipinski definition) is 5. The zero-order valence-electron chi connectivity index (χ0n) is 13.7. The van der Waals surface area contributed by atoms with E-state index in [4.69, 9.17) is 0 Å². The first-order valence-corrected chi connectivity index (χ1v) is 8.45. The van der Waals surface area contributed by atoms with Crippen LogP contribution in [0.1, 0.15) is 12.5 Å². The number of hydrogen-bond donors (Lipinski definition) is 1. The highest BCUT2D eigenvalue weighted by atomic mass is 32.2. The number of carbonyl (C=O) groups excluding carboxylic acids is 1. The predicted molar refractivity (Wildman–Crippen MR) is 93.3 cm³/mol. The Labute approximate surface area is 152 Å². The van der Waals surface area contributed by atoms with Crippen molar-refractivity contribution in [2.24, 2.45) is 0 Å². The number of nitro benzene ring substituents is 1. The Bertz CT molecular complexity index is 754.